The number of aliphatic hydroxyl groups is 2. The smallest absolute Gasteiger partial charge is 0.407 e. The van der Waals surface area contributed by atoms with Crippen LogP contribution in [0.5, 0.6) is 0 Å². The van der Waals surface area contributed by atoms with Crippen LogP contribution < -0.4 is 10.9 Å². The van der Waals surface area contributed by atoms with Gasteiger partial charge in [-0.05, 0) is 36.6 Å². The molecule has 1 amide bonds. The van der Waals surface area contributed by atoms with Gasteiger partial charge in [0.25, 0.3) is 5.56 Å². The lowest BCUT2D eigenvalue weighted by molar-refractivity contribution is -0.236. The number of carbonyl (C=O) groups is 1. The Labute approximate surface area is 193 Å². The van der Waals surface area contributed by atoms with E-state index in [4.69, 9.17) is 9.47 Å². The first-order chi connectivity index (χ1) is 16.2. The first kappa shape index (κ1) is 22.5. The zero-order valence-corrected chi connectivity index (χ0v) is 18.9. The molecule has 9 nitrogen and oxygen atoms in total. The normalized spacial score (nSPS) is 20.6. The van der Waals surface area contributed by atoms with Gasteiger partial charge in [0.2, 0.25) is 0 Å². The average Bonchev–Trinajstić information content (AvgIpc) is 3.19. The van der Waals surface area contributed by atoms with E-state index in [0.717, 1.165) is 0 Å². The summed E-state index contributed by atoms with van der Waals surface area (Å²) in [6.07, 6.45) is -1.98. The van der Waals surface area contributed by atoms with Gasteiger partial charge >= 0.3 is 6.09 Å². The van der Waals surface area contributed by atoms with Gasteiger partial charge in [0.15, 0.2) is 6.29 Å². The fraction of sp³-hybridized carbons (Fsp3) is 0.375. The summed E-state index contributed by atoms with van der Waals surface area (Å²) >= 11 is 0. The number of fused-ring (bicyclic) bond motifs is 5. The van der Waals surface area contributed by atoms with Crippen LogP contribution in [0.1, 0.15) is 41.2 Å². The van der Waals surface area contributed by atoms with Gasteiger partial charge in [0.05, 0.1) is 37.2 Å². The number of aromatic nitrogens is 2. The Kier molecular flexibility index (Phi) is 5.19. The third-order valence-corrected chi connectivity index (χ3v) is 6.84. The van der Waals surface area contributed by atoms with Crippen LogP contribution in [-0.2, 0) is 34.8 Å². The van der Waals surface area contributed by atoms with E-state index in [2.05, 4.69) is 10.3 Å². The summed E-state index contributed by atoms with van der Waals surface area (Å²) in [5.74, 6) is -0.423. The van der Waals surface area contributed by atoms with Gasteiger partial charge in [0, 0.05) is 34.7 Å². The Morgan fingerprint density at radius 3 is 2.85 bits per heavy atom. The molecule has 1 aromatic carbocycles. The molecule has 0 aliphatic carbocycles. The maximum atomic E-state index is 14.4. The highest BCUT2D eigenvalue weighted by atomic mass is 19.1. The third-order valence-electron chi connectivity index (χ3n) is 6.84. The highest BCUT2D eigenvalue weighted by Gasteiger charge is 2.44. The van der Waals surface area contributed by atoms with Crippen molar-refractivity contribution in [2.24, 2.45) is 0 Å². The summed E-state index contributed by atoms with van der Waals surface area (Å²) in [4.78, 5) is 29.9. The molecule has 0 fully saturated rings. The Morgan fingerprint density at radius 2 is 2.15 bits per heavy atom. The molecule has 5 rings (SSSR count). The van der Waals surface area contributed by atoms with Crippen molar-refractivity contribution in [2.75, 3.05) is 7.11 Å². The topological polar surface area (TPSA) is 123 Å². The van der Waals surface area contributed by atoms with Crippen LogP contribution >= 0.6 is 0 Å². The number of nitrogens with zero attached hydrogens (tertiary/aromatic N) is 2. The molecule has 0 saturated heterocycles. The first-order valence-corrected chi connectivity index (χ1v) is 10.9. The number of hydrogen-bond donors (Lipinski definition) is 3. The minimum absolute atomic E-state index is 0.0856. The molecule has 2 aliphatic heterocycles. The molecule has 2 aromatic heterocycles. The summed E-state index contributed by atoms with van der Waals surface area (Å²) in [7, 11) is 1.26. The summed E-state index contributed by atoms with van der Waals surface area (Å²) in [5.41, 5.74) is 1.55. The number of hydrogen-bond acceptors (Lipinski definition) is 7. The van der Waals surface area contributed by atoms with Gasteiger partial charge in [-0.15, -0.1) is 0 Å². The molecule has 1 unspecified atom stereocenters. The van der Waals surface area contributed by atoms with Crippen LogP contribution in [0, 0.1) is 12.7 Å². The third kappa shape index (κ3) is 3.13. The van der Waals surface area contributed by atoms with Gasteiger partial charge in [0.1, 0.15) is 11.4 Å². The van der Waals surface area contributed by atoms with E-state index < -0.39 is 23.8 Å². The molecule has 3 aromatic rings. The van der Waals surface area contributed by atoms with Crippen molar-refractivity contribution in [1.29, 1.82) is 0 Å². The van der Waals surface area contributed by atoms with Gasteiger partial charge in [-0.1, -0.05) is 6.92 Å². The maximum absolute atomic E-state index is 14.4. The molecule has 0 bridgehead atoms. The van der Waals surface area contributed by atoms with Crippen LogP contribution in [-0.4, -0.2) is 39.3 Å². The van der Waals surface area contributed by atoms with Crippen LogP contribution in [0.3, 0.4) is 0 Å². The fourth-order valence-electron chi connectivity index (χ4n) is 4.84. The van der Waals surface area contributed by atoms with E-state index in [9.17, 15) is 24.2 Å². The van der Waals surface area contributed by atoms with Crippen molar-refractivity contribution in [3.63, 3.8) is 0 Å². The van der Waals surface area contributed by atoms with Crippen molar-refractivity contribution in [3.05, 3.63) is 62.2 Å². The minimum Gasteiger partial charge on any atom is -0.453 e. The number of rotatable bonds is 3. The Balaban J connectivity index is 1.77. The summed E-state index contributed by atoms with van der Waals surface area (Å²) < 4.78 is 25.9. The Hall–Kier alpha value is -3.34. The van der Waals surface area contributed by atoms with Gasteiger partial charge in [-0.3, -0.25) is 4.79 Å². The predicted octanol–water partition coefficient (Wildman–Crippen LogP) is 2.17. The van der Waals surface area contributed by atoms with Gasteiger partial charge in [-0.2, -0.15) is 0 Å². The number of ether oxygens (including phenoxy) is 2. The first-order valence-electron chi connectivity index (χ1n) is 10.9. The molecule has 0 saturated carbocycles. The molecule has 2 atom stereocenters. The summed E-state index contributed by atoms with van der Waals surface area (Å²) in [6, 6.07) is 4.65. The lowest BCUT2D eigenvalue weighted by Crippen LogP contribution is -2.47. The second kappa shape index (κ2) is 7.86. The number of benzene rings is 1. The molecule has 10 heteroatoms. The second-order valence-electron chi connectivity index (χ2n) is 8.64. The van der Waals surface area contributed by atoms with E-state index in [0.29, 0.717) is 44.5 Å². The SMILES string of the molecule is CC[C@]1(O)c2cc3n(c(=O)c2COC1O)Cc1c-3nc2cc(F)c(C)cc2c1CNC(=O)OC. The van der Waals surface area contributed by atoms with Crippen molar-refractivity contribution < 1.29 is 28.9 Å². The van der Waals surface area contributed by atoms with E-state index in [1.165, 1.54) is 17.7 Å². The number of nitrogens with one attached hydrogen (secondary N) is 1. The lowest BCUT2D eigenvalue weighted by atomic mass is 9.85. The largest absolute Gasteiger partial charge is 0.453 e. The number of alkyl carbamates (subject to hydrolysis) is 1. The zero-order valence-electron chi connectivity index (χ0n) is 18.9. The molecule has 178 valence electrons. The van der Waals surface area contributed by atoms with E-state index in [1.54, 1.807) is 26.0 Å². The zero-order chi connectivity index (χ0) is 24.4. The van der Waals surface area contributed by atoms with Crippen molar-refractivity contribution in [3.8, 4) is 11.4 Å². The molecule has 34 heavy (non-hydrogen) atoms. The Morgan fingerprint density at radius 1 is 1.38 bits per heavy atom. The standard InChI is InChI=1S/C24H24FN3O6/c1-4-24(32)16-6-19-20-14(9-28(19)21(29)15(16)10-34-22(24)30)13(8-26-23(31)33-3)12-5-11(2)17(25)7-18(12)27-20/h5-7,22,30,32H,4,8-10H2,1-3H3,(H,26,31)/t22?,24-/m0/s1. The predicted molar refractivity (Wildman–Crippen MR) is 119 cm³/mol. The fourth-order valence-corrected chi connectivity index (χ4v) is 4.84. The van der Waals surface area contributed by atoms with Crippen molar-refractivity contribution in [2.45, 2.75) is 51.9 Å². The number of methoxy groups -OCH3 is 1. The molecule has 0 spiro atoms. The Bertz CT molecular complexity index is 1420. The molecule has 3 N–H and O–H groups in total. The number of aryl methyl sites for hydroxylation is 1. The number of amides is 1. The number of pyridine rings is 2. The average molecular weight is 469 g/mol. The number of carbonyl (C=O) groups excluding carboxylic acids is 1. The highest BCUT2D eigenvalue weighted by Crippen LogP contribution is 2.41. The number of aliphatic hydroxyl groups excluding tert-OH is 1. The maximum Gasteiger partial charge on any atom is 0.407 e. The monoisotopic (exact) mass is 469 g/mol. The highest BCUT2D eigenvalue weighted by molar-refractivity contribution is 5.89. The second-order valence-corrected chi connectivity index (χ2v) is 8.64. The van der Waals surface area contributed by atoms with Gasteiger partial charge < -0.3 is 29.6 Å². The minimum atomic E-state index is -1.75. The van der Waals surface area contributed by atoms with Gasteiger partial charge in [-0.25, -0.2) is 14.2 Å². The van der Waals surface area contributed by atoms with Crippen molar-refractivity contribution in [1.82, 2.24) is 14.9 Å². The van der Waals surface area contributed by atoms with Crippen molar-refractivity contribution >= 4 is 17.0 Å². The summed E-state index contributed by atoms with van der Waals surface area (Å²) in [5, 5.41) is 24.7. The summed E-state index contributed by atoms with van der Waals surface area (Å²) in [6.45, 7) is 3.46. The van der Waals surface area contributed by atoms with E-state index >= 15 is 0 Å². The van der Waals surface area contributed by atoms with Crippen LogP contribution in [0.15, 0.2) is 23.0 Å². The van der Waals surface area contributed by atoms with Crippen LogP contribution in [0.4, 0.5) is 9.18 Å². The van der Waals surface area contributed by atoms with E-state index in [1.807, 2.05) is 0 Å². The number of halogens is 1. The molecule has 2 aliphatic rings. The quantitative estimate of drug-likeness (QED) is 0.420. The van der Waals surface area contributed by atoms with Crippen LogP contribution in [0.2, 0.25) is 0 Å². The lowest BCUT2D eigenvalue weighted by Gasteiger charge is -2.37. The molecular weight excluding hydrogens is 445 g/mol. The van der Waals surface area contributed by atoms with Crippen LogP contribution in [0.25, 0.3) is 22.3 Å². The molecule has 4 heterocycles. The molecular formula is C24H24FN3O6. The van der Waals surface area contributed by atoms with E-state index in [-0.39, 0.29) is 37.2 Å². The molecule has 0 radical (unpaired) electrons.